The van der Waals surface area contributed by atoms with Crippen molar-refractivity contribution >= 4 is 0 Å². The van der Waals surface area contributed by atoms with E-state index in [1.165, 1.54) is 0 Å². The second-order valence-electron chi connectivity index (χ2n) is 6.42. The summed E-state index contributed by atoms with van der Waals surface area (Å²) in [5, 5.41) is 10.9. The highest BCUT2D eigenvalue weighted by molar-refractivity contribution is 5.46. The number of rotatable bonds is 2. The Morgan fingerprint density at radius 1 is 0.875 bits per heavy atom. The Kier molecular flexibility index (Phi) is 3.62. The van der Waals surface area contributed by atoms with Gasteiger partial charge in [-0.3, -0.25) is 0 Å². The van der Waals surface area contributed by atoms with Crippen LogP contribution in [0.4, 0.5) is 0 Å². The zero-order chi connectivity index (χ0) is 16.6. The van der Waals surface area contributed by atoms with E-state index in [0.717, 1.165) is 28.0 Å². The van der Waals surface area contributed by atoms with Gasteiger partial charge in [-0.2, -0.15) is 0 Å². The number of aliphatic hydroxyl groups is 1. The predicted molar refractivity (Wildman–Crippen MR) is 95.0 cm³/mol. The van der Waals surface area contributed by atoms with Gasteiger partial charge in [0, 0.05) is 23.1 Å². The molecule has 0 bridgehead atoms. The smallest absolute Gasteiger partial charge is 0.162 e. The molecule has 0 spiro atoms. The van der Waals surface area contributed by atoms with Gasteiger partial charge >= 0.3 is 0 Å². The molecule has 0 aromatic heterocycles. The SMILES string of the molecule is Cc1ccc2c(c1)C(O)CC(c1ccccc1)(c1ccccc1)O2. The number of hydrogen-bond donors (Lipinski definition) is 1. The third-order valence-electron chi connectivity index (χ3n) is 4.77. The summed E-state index contributed by atoms with van der Waals surface area (Å²) in [5.41, 5.74) is 3.44. The lowest BCUT2D eigenvalue weighted by Gasteiger charge is -2.41. The van der Waals surface area contributed by atoms with E-state index >= 15 is 0 Å². The normalized spacial score (nSPS) is 18.5. The highest BCUT2D eigenvalue weighted by Gasteiger charge is 2.43. The molecule has 1 aliphatic rings. The van der Waals surface area contributed by atoms with Gasteiger partial charge in [0.1, 0.15) is 5.75 Å². The van der Waals surface area contributed by atoms with Gasteiger partial charge in [-0.15, -0.1) is 0 Å². The van der Waals surface area contributed by atoms with Crippen molar-refractivity contribution in [3.63, 3.8) is 0 Å². The van der Waals surface area contributed by atoms with Crippen molar-refractivity contribution in [2.75, 3.05) is 0 Å². The van der Waals surface area contributed by atoms with Crippen LogP contribution in [0.3, 0.4) is 0 Å². The van der Waals surface area contributed by atoms with E-state index in [9.17, 15) is 5.11 Å². The van der Waals surface area contributed by atoms with Crippen LogP contribution in [-0.2, 0) is 5.60 Å². The van der Waals surface area contributed by atoms with E-state index in [0.29, 0.717) is 6.42 Å². The van der Waals surface area contributed by atoms with Gasteiger partial charge < -0.3 is 9.84 Å². The van der Waals surface area contributed by atoms with Gasteiger partial charge in [0.25, 0.3) is 0 Å². The Balaban J connectivity index is 1.91. The molecule has 1 heterocycles. The largest absolute Gasteiger partial charge is 0.477 e. The summed E-state index contributed by atoms with van der Waals surface area (Å²) in [6.45, 7) is 2.03. The summed E-state index contributed by atoms with van der Waals surface area (Å²) >= 11 is 0. The van der Waals surface area contributed by atoms with Crippen LogP contribution in [0, 0.1) is 6.92 Å². The fourth-order valence-corrected chi connectivity index (χ4v) is 3.57. The zero-order valence-corrected chi connectivity index (χ0v) is 13.6. The third-order valence-corrected chi connectivity index (χ3v) is 4.77. The van der Waals surface area contributed by atoms with Gasteiger partial charge in [0.2, 0.25) is 0 Å². The molecule has 2 nitrogen and oxygen atoms in total. The van der Waals surface area contributed by atoms with Crippen LogP contribution in [0.1, 0.15) is 34.8 Å². The minimum absolute atomic E-state index is 0.498. The van der Waals surface area contributed by atoms with Crippen molar-refractivity contribution in [3.05, 3.63) is 101 Å². The summed E-state index contributed by atoms with van der Waals surface area (Å²) in [4.78, 5) is 0. The number of aliphatic hydroxyl groups excluding tert-OH is 1. The van der Waals surface area contributed by atoms with E-state index in [1.807, 2.05) is 61.5 Å². The Bertz CT molecular complexity index is 801. The molecule has 0 radical (unpaired) electrons. The van der Waals surface area contributed by atoms with Crippen LogP contribution >= 0.6 is 0 Å². The van der Waals surface area contributed by atoms with Crippen molar-refractivity contribution in [1.82, 2.24) is 0 Å². The van der Waals surface area contributed by atoms with Crippen molar-refractivity contribution in [3.8, 4) is 5.75 Å². The van der Waals surface area contributed by atoms with Crippen LogP contribution in [0.2, 0.25) is 0 Å². The summed E-state index contributed by atoms with van der Waals surface area (Å²) in [6.07, 6.45) is -0.0636. The molecule has 0 aliphatic carbocycles. The van der Waals surface area contributed by atoms with Crippen molar-refractivity contribution < 1.29 is 9.84 Å². The van der Waals surface area contributed by atoms with Crippen molar-refractivity contribution in [2.24, 2.45) is 0 Å². The third kappa shape index (κ3) is 2.40. The summed E-state index contributed by atoms with van der Waals surface area (Å²) in [6, 6.07) is 26.3. The first-order valence-electron chi connectivity index (χ1n) is 8.28. The first kappa shape index (κ1) is 15.0. The zero-order valence-electron chi connectivity index (χ0n) is 13.6. The predicted octanol–water partition coefficient (Wildman–Crippen LogP) is 4.75. The maximum atomic E-state index is 10.9. The number of hydrogen-bond acceptors (Lipinski definition) is 2. The lowest BCUT2D eigenvalue weighted by molar-refractivity contribution is 0.0104. The number of fused-ring (bicyclic) bond motifs is 1. The van der Waals surface area contributed by atoms with Crippen molar-refractivity contribution in [2.45, 2.75) is 25.0 Å². The van der Waals surface area contributed by atoms with E-state index in [4.69, 9.17) is 4.74 Å². The Morgan fingerprint density at radius 3 is 2.04 bits per heavy atom. The fraction of sp³-hybridized carbons (Fsp3) is 0.182. The molecule has 24 heavy (non-hydrogen) atoms. The molecule has 3 aromatic carbocycles. The average molecular weight is 316 g/mol. The summed E-state index contributed by atoms with van der Waals surface area (Å²) in [5.74, 6) is 0.757. The number of benzene rings is 3. The summed E-state index contributed by atoms with van der Waals surface area (Å²) in [7, 11) is 0. The molecule has 0 saturated carbocycles. The first-order valence-corrected chi connectivity index (χ1v) is 8.28. The van der Waals surface area contributed by atoms with E-state index in [2.05, 4.69) is 24.3 Å². The van der Waals surface area contributed by atoms with E-state index in [-0.39, 0.29) is 0 Å². The minimum atomic E-state index is -0.676. The van der Waals surface area contributed by atoms with Gasteiger partial charge in [-0.1, -0.05) is 72.3 Å². The monoisotopic (exact) mass is 316 g/mol. The maximum absolute atomic E-state index is 10.9. The molecule has 1 N–H and O–H groups in total. The van der Waals surface area contributed by atoms with Crippen LogP contribution < -0.4 is 4.74 Å². The average Bonchev–Trinajstić information content (AvgIpc) is 2.63. The first-order chi connectivity index (χ1) is 11.7. The topological polar surface area (TPSA) is 29.5 Å². The molecular formula is C22H20O2. The highest BCUT2D eigenvalue weighted by atomic mass is 16.5. The maximum Gasteiger partial charge on any atom is 0.162 e. The quantitative estimate of drug-likeness (QED) is 0.739. The number of aryl methyl sites for hydroxylation is 1. The second-order valence-corrected chi connectivity index (χ2v) is 6.42. The second kappa shape index (κ2) is 5.81. The van der Waals surface area contributed by atoms with Gasteiger partial charge in [-0.05, 0) is 19.1 Å². The molecule has 1 unspecified atom stereocenters. The van der Waals surface area contributed by atoms with Crippen LogP contribution in [0.25, 0.3) is 0 Å². The molecule has 2 heteroatoms. The van der Waals surface area contributed by atoms with Gasteiger partial charge in [-0.25, -0.2) is 0 Å². The molecular weight excluding hydrogens is 296 g/mol. The lowest BCUT2D eigenvalue weighted by Crippen LogP contribution is -2.39. The number of ether oxygens (including phenoxy) is 1. The van der Waals surface area contributed by atoms with Crippen LogP contribution in [0.5, 0.6) is 5.75 Å². The molecule has 1 aliphatic heterocycles. The standard InChI is InChI=1S/C22H20O2/c1-16-12-13-21-19(14-16)20(23)15-22(24-21,17-8-4-2-5-9-17)18-10-6-3-7-11-18/h2-14,20,23H,15H2,1H3. The Morgan fingerprint density at radius 2 is 1.46 bits per heavy atom. The summed E-state index contributed by atoms with van der Waals surface area (Å²) < 4.78 is 6.56. The lowest BCUT2D eigenvalue weighted by atomic mass is 9.78. The molecule has 0 fully saturated rings. The molecule has 0 saturated heterocycles. The van der Waals surface area contributed by atoms with Crippen LogP contribution in [0.15, 0.2) is 78.9 Å². The minimum Gasteiger partial charge on any atom is -0.477 e. The van der Waals surface area contributed by atoms with Gasteiger partial charge in [0.15, 0.2) is 5.60 Å². The molecule has 1 atom stereocenters. The van der Waals surface area contributed by atoms with E-state index in [1.54, 1.807) is 0 Å². The Labute approximate surface area is 142 Å². The van der Waals surface area contributed by atoms with Crippen LogP contribution in [-0.4, -0.2) is 5.11 Å². The molecule has 3 aromatic rings. The Hall–Kier alpha value is -2.58. The van der Waals surface area contributed by atoms with Crippen molar-refractivity contribution in [1.29, 1.82) is 0 Å². The fourth-order valence-electron chi connectivity index (χ4n) is 3.57. The van der Waals surface area contributed by atoms with E-state index < -0.39 is 11.7 Å². The highest BCUT2D eigenvalue weighted by Crippen LogP contribution is 2.48. The molecule has 4 rings (SSSR count). The molecule has 0 amide bonds. The van der Waals surface area contributed by atoms with Gasteiger partial charge in [0.05, 0.1) is 6.10 Å². The molecule has 120 valence electrons.